The maximum absolute atomic E-state index is 15.7. The van der Waals surface area contributed by atoms with Gasteiger partial charge in [0.15, 0.2) is 5.82 Å². The number of likely N-dealkylation sites (tertiary alicyclic amines) is 1. The lowest BCUT2D eigenvalue weighted by atomic mass is 10.1. The highest BCUT2D eigenvalue weighted by Gasteiger charge is 2.36. The van der Waals surface area contributed by atoms with Crippen LogP contribution in [0.25, 0.3) is 22.2 Å². The molecule has 1 atom stereocenters. The molecule has 10 nitrogen and oxygen atoms in total. The number of rotatable bonds is 10. The highest BCUT2D eigenvalue weighted by atomic mass is 19.1. The smallest absolute Gasteiger partial charge is 0.410 e. The maximum Gasteiger partial charge on any atom is 0.410 e. The summed E-state index contributed by atoms with van der Waals surface area (Å²) < 4.78 is 21.2. The number of nitrogens with zero attached hydrogens (tertiary/aromatic N) is 2. The van der Waals surface area contributed by atoms with Crippen LogP contribution >= 0.6 is 0 Å². The number of carbonyl (C=O) groups is 4. The van der Waals surface area contributed by atoms with Gasteiger partial charge in [-0.2, -0.15) is 0 Å². The van der Waals surface area contributed by atoms with E-state index >= 15 is 4.39 Å². The molecule has 1 saturated heterocycles. The zero-order valence-corrected chi connectivity index (χ0v) is 27.8. The predicted molar refractivity (Wildman–Crippen MR) is 184 cm³/mol. The molecular weight excluding hydrogens is 613 g/mol. The topological polar surface area (TPSA) is 124 Å². The molecule has 252 valence electrons. The molecule has 0 radical (unpaired) electrons. The molecule has 4 aromatic rings. The van der Waals surface area contributed by atoms with Crippen LogP contribution in [0.1, 0.15) is 52.5 Å². The molecule has 1 aliphatic rings. The largest absolute Gasteiger partial charge is 0.444 e. The first-order valence-corrected chi connectivity index (χ1v) is 16.3. The van der Waals surface area contributed by atoms with E-state index in [0.29, 0.717) is 53.8 Å². The van der Waals surface area contributed by atoms with E-state index < -0.39 is 23.6 Å². The van der Waals surface area contributed by atoms with Gasteiger partial charge in [-0.1, -0.05) is 49.4 Å². The summed E-state index contributed by atoms with van der Waals surface area (Å²) in [5.74, 6) is -1.28. The lowest BCUT2D eigenvalue weighted by molar-refractivity contribution is -0.134. The molecule has 1 fully saturated rings. The fourth-order valence-corrected chi connectivity index (χ4v) is 5.78. The van der Waals surface area contributed by atoms with Crippen LogP contribution in [0.3, 0.4) is 0 Å². The van der Waals surface area contributed by atoms with Gasteiger partial charge in [0.2, 0.25) is 17.7 Å². The van der Waals surface area contributed by atoms with Gasteiger partial charge in [-0.3, -0.25) is 19.3 Å². The summed E-state index contributed by atoms with van der Waals surface area (Å²) in [6.07, 6.45) is 1.60. The molecule has 5 rings (SSSR count). The summed E-state index contributed by atoms with van der Waals surface area (Å²) in [5, 5.41) is 5.96. The van der Waals surface area contributed by atoms with Gasteiger partial charge in [-0.05, 0) is 75.9 Å². The number of ether oxygens (including phenoxy) is 1. The number of hydrogen-bond donors (Lipinski definition) is 3. The minimum Gasteiger partial charge on any atom is -0.444 e. The Morgan fingerprint density at radius 1 is 0.979 bits per heavy atom. The molecule has 0 spiro atoms. The highest BCUT2D eigenvalue weighted by Crippen LogP contribution is 2.32. The Bertz CT molecular complexity index is 1780. The number of benzene rings is 3. The molecule has 48 heavy (non-hydrogen) atoms. The number of fused-ring (bicyclic) bond motifs is 1. The molecule has 2 heterocycles. The predicted octanol–water partition coefficient (Wildman–Crippen LogP) is 6.73. The van der Waals surface area contributed by atoms with Crippen molar-refractivity contribution in [2.24, 2.45) is 0 Å². The number of aromatic amines is 1. The Hall–Kier alpha value is -5.19. The summed E-state index contributed by atoms with van der Waals surface area (Å²) >= 11 is 0. The van der Waals surface area contributed by atoms with Crippen molar-refractivity contribution in [2.45, 2.75) is 65.0 Å². The van der Waals surface area contributed by atoms with E-state index in [1.54, 1.807) is 68.1 Å². The van der Waals surface area contributed by atoms with E-state index in [1.165, 1.54) is 4.90 Å². The van der Waals surface area contributed by atoms with Gasteiger partial charge in [0.05, 0.1) is 18.7 Å². The quantitative estimate of drug-likeness (QED) is 0.175. The normalized spacial score (nSPS) is 14.5. The van der Waals surface area contributed by atoms with Gasteiger partial charge in [0.25, 0.3) is 0 Å². The molecule has 4 amide bonds. The van der Waals surface area contributed by atoms with Crippen LogP contribution in [-0.4, -0.2) is 69.9 Å². The highest BCUT2D eigenvalue weighted by molar-refractivity contribution is 5.99. The Labute approximate surface area is 279 Å². The third-order valence-electron chi connectivity index (χ3n) is 8.02. The van der Waals surface area contributed by atoms with Crippen LogP contribution in [0.15, 0.2) is 72.8 Å². The third-order valence-corrected chi connectivity index (χ3v) is 8.02. The van der Waals surface area contributed by atoms with Crippen molar-refractivity contribution in [3.05, 3.63) is 84.2 Å². The number of halogens is 1. The van der Waals surface area contributed by atoms with E-state index in [4.69, 9.17) is 4.74 Å². The number of hydrogen-bond acceptors (Lipinski definition) is 5. The average molecular weight is 656 g/mol. The van der Waals surface area contributed by atoms with Crippen molar-refractivity contribution in [2.75, 3.05) is 30.3 Å². The first-order chi connectivity index (χ1) is 22.9. The Morgan fingerprint density at radius 2 is 1.69 bits per heavy atom. The van der Waals surface area contributed by atoms with Gasteiger partial charge < -0.3 is 25.3 Å². The van der Waals surface area contributed by atoms with Crippen LogP contribution in [0.2, 0.25) is 0 Å². The molecule has 0 aliphatic carbocycles. The summed E-state index contributed by atoms with van der Waals surface area (Å²) in [6.45, 7) is 8.10. The standard InChI is InChI=1S/C37H42FN5O5/c1-5-19-42(32(45)21-24-10-7-6-8-11-24)23-31(44)39-26-15-13-25(14-16-26)34-33(38)28-22-27(17-18-29(28)41-34)40-35(46)30-12-9-20-43(30)36(47)48-37(2,3)4/h6-8,10-11,13-18,22,30,41H,5,9,12,19-21,23H2,1-4H3,(H,39,44)(H,40,46)/t30-/m0/s1. The molecule has 0 unspecified atom stereocenters. The van der Waals surface area contributed by atoms with E-state index in [0.717, 1.165) is 12.0 Å². The number of H-pyrrole nitrogens is 1. The SMILES string of the molecule is CCCN(CC(=O)Nc1ccc(-c2[nH]c3ccc(NC(=O)[C@@H]4CCCN4C(=O)OC(C)(C)C)cc3c2F)cc1)C(=O)Cc1ccccc1. The monoisotopic (exact) mass is 655 g/mol. The molecular formula is C37H42FN5O5. The van der Waals surface area contributed by atoms with Crippen LogP contribution < -0.4 is 10.6 Å². The molecule has 11 heteroatoms. The summed E-state index contributed by atoms with van der Waals surface area (Å²) in [5.41, 5.74) is 2.51. The second kappa shape index (κ2) is 14.7. The van der Waals surface area contributed by atoms with Crippen molar-refractivity contribution in [1.82, 2.24) is 14.8 Å². The van der Waals surface area contributed by atoms with Crippen molar-refractivity contribution in [3.63, 3.8) is 0 Å². The van der Waals surface area contributed by atoms with E-state index in [1.807, 2.05) is 37.3 Å². The third kappa shape index (κ3) is 8.39. The van der Waals surface area contributed by atoms with Gasteiger partial charge >= 0.3 is 6.09 Å². The van der Waals surface area contributed by atoms with E-state index in [2.05, 4.69) is 15.6 Å². The number of nitrogens with one attached hydrogen (secondary N) is 3. The zero-order valence-electron chi connectivity index (χ0n) is 27.8. The fourth-order valence-electron chi connectivity index (χ4n) is 5.78. The van der Waals surface area contributed by atoms with E-state index in [-0.39, 0.29) is 36.4 Å². The van der Waals surface area contributed by atoms with Crippen molar-refractivity contribution in [3.8, 4) is 11.3 Å². The second-order valence-electron chi connectivity index (χ2n) is 13.0. The van der Waals surface area contributed by atoms with Crippen LogP contribution in [0, 0.1) is 5.82 Å². The maximum atomic E-state index is 15.7. The lowest BCUT2D eigenvalue weighted by Crippen LogP contribution is -2.45. The van der Waals surface area contributed by atoms with Crippen LogP contribution in [0.4, 0.5) is 20.6 Å². The minimum atomic E-state index is -0.676. The summed E-state index contributed by atoms with van der Waals surface area (Å²) in [7, 11) is 0. The second-order valence-corrected chi connectivity index (χ2v) is 13.0. The minimum absolute atomic E-state index is 0.0729. The average Bonchev–Trinajstić information content (AvgIpc) is 3.66. The summed E-state index contributed by atoms with van der Waals surface area (Å²) in [4.78, 5) is 57.6. The number of aromatic nitrogens is 1. The van der Waals surface area contributed by atoms with Gasteiger partial charge in [-0.15, -0.1) is 0 Å². The van der Waals surface area contributed by atoms with Crippen molar-refractivity contribution < 1.29 is 28.3 Å². The number of anilines is 2. The molecule has 1 aliphatic heterocycles. The first-order valence-electron chi connectivity index (χ1n) is 16.3. The first kappa shape index (κ1) is 34.2. The van der Waals surface area contributed by atoms with Crippen LogP contribution in [-0.2, 0) is 25.5 Å². The lowest BCUT2D eigenvalue weighted by Gasteiger charge is -2.28. The van der Waals surface area contributed by atoms with Gasteiger partial charge in [-0.25, -0.2) is 9.18 Å². The van der Waals surface area contributed by atoms with Gasteiger partial charge in [0, 0.05) is 40.9 Å². The fraction of sp³-hybridized carbons (Fsp3) is 0.351. The molecule has 0 bridgehead atoms. The van der Waals surface area contributed by atoms with Crippen LogP contribution in [0.5, 0.6) is 0 Å². The zero-order chi connectivity index (χ0) is 34.4. The molecule has 0 saturated carbocycles. The van der Waals surface area contributed by atoms with Crippen molar-refractivity contribution in [1.29, 1.82) is 0 Å². The van der Waals surface area contributed by atoms with E-state index in [9.17, 15) is 19.2 Å². The summed E-state index contributed by atoms with van der Waals surface area (Å²) in [6, 6.07) is 20.4. The van der Waals surface area contributed by atoms with Crippen molar-refractivity contribution >= 4 is 46.1 Å². The molecule has 3 aromatic carbocycles. The van der Waals surface area contributed by atoms with Gasteiger partial charge in [0.1, 0.15) is 11.6 Å². The molecule has 3 N–H and O–H groups in total. The Kier molecular flexibility index (Phi) is 10.5. The molecule has 1 aromatic heterocycles. The number of amides is 4. The Morgan fingerprint density at radius 3 is 2.38 bits per heavy atom. The Balaban J connectivity index is 1.22. The number of carbonyl (C=O) groups excluding carboxylic acids is 4.